The molecule has 0 spiro atoms. The van der Waals surface area contributed by atoms with Crippen LogP contribution in [-0.2, 0) is 0 Å². The minimum absolute atomic E-state index is 0.184. The average molecular weight is 279 g/mol. The average Bonchev–Trinajstić information content (AvgIpc) is 3.05. The van der Waals surface area contributed by atoms with Gasteiger partial charge in [0, 0.05) is 5.56 Å². The second kappa shape index (κ2) is 5.58. The first-order valence-corrected chi connectivity index (χ1v) is 6.44. The summed E-state index contributed by atoms with van der Waals surface area (Å²) in [5.74, 6) is 0.451. The number of ketones is 1. The Bertz CT molecular complexity index is 766. The van der Waals surface area contributed by atoms with Crippen molar-refractivity contribution in [3.8, 4) is 11.4 Å². The SMILES string of the molecule is COc1cccc(C(=O)c2cnn(-c3ccccc3)n2)c1. The number of para-hydroxylation sites is 1. The van der Waals surface area contributed by atoms with Crippen molar-refractivity contribution in [2.24, 2.45) is 0 Å². The van der Waals surface area contributed by atoms with E-state index in [9.17, 15) is 4.79 Å². The van der Waals surface area contributed by atoms with E-state index < -0.39 is 0 Å². The van der Waals surface area contributed by atoms with Crippen LogP contribution in [0.15, 0.2) is 60.8 Å². The lowest BCUT2D eigenvalue weighted by molar-refractivity contribution is 0.103. The van der Waals surface area contributed by atoms with Crippen molar-refractivity contribution in [1.82, 2.24) is 15.0 Å². The van der Waals surface area contributed by atoms with Crippen molar-refractivity contribution in [3.05, 3.63) is 72.1 Å². The molecular weight excluding hydrogens is 266 g/mol. The largest absolute Gasteiger partial charge is 0.497 e. The lowest BCUT2D eigenvalue weighted by atomic mass is 10.1. The quantitative estimate of drug-likeness (QED) is 0.688. The maximum absolute atomic E-state index is 12.4. The van der Waals surface area contributed by atoms with Gasteiger partial charge in [-0.25, -0.2) is 0 Å². The van der Waals surface area contributed by atoms with E-state index in [4.69, 9.17) is 4.74 Å². The van der Waals surface area contributed by atoms with Gasteiger partial charge in [-0.05, 0) is 24.3 Å². The number of benzene rings is 2. The Hall–Kier alpha value is -2.95. The second-order valence-electron chi connectivity index (χ2n) is 4.42. The molecule has 1 aromatic heterocycles. The highest BCUT2D eigenvalue weighted by Crippen LogP contribution is 2.15. The van der Waals surface area contributed by atoms with E-state index in [1.165, 1.54) is 11.0 Å². The highest BCUT2D eigenvalue weighted by Gasteiger charge is 2.14. The minimum atomic E-state index is -0.184. The van der Waals surface area contributed by atoms with E-state index in [1.54, 1.807) is 31.4 Å². The molecule has 0 aliphatic carbocycles. The van der Waals surface area contributed by atoms with Crippen LogP contribution in [0.5, 0.6) is 5.75 Å². The molecule has 0 bridgehead atoms. The fourth-order valence-corrected chi connectivity index (χ4v) is 1.97. The number of carbonyl (C=O) groups is 1. The summed E-state index contributed by atoms with van der Waals surface area (Å²) in [7, 11) is 1.56. The summed E-state index contributed by atoms with van der Waals surface area (Å²) in [5, 5.41) is 8.36. The normalized spacial score (nSPS) is 10.3. The summed E-state index contributed by atoms with van der Waals surface area (Å²) in [5.41, 5.74) is 1.63. The Morgan fingerprint density at radius 2 is 1.90 bits per heavy atom. The van der Waals surface area contributed by atoms with Crippen molar-refractivity contribution in [1.29, 1.82) is 0 Å². The number of rotatable bonds is 4. The molecule has 0 aliphatic heterocycles. The number of aromatic nitrogens is 3. The molecule has 5 heteroatoms. The summed E-state index contributed by atoms with van der Waals surface area (Å²) in [6, 6.07) is 16.4. The van der Waals surface area contributed by atoms with E-state index in [1.807, 2.05) is 30.3 Å². The third-order valence-corrected chi connectivity index (χ3v) is 3.04. The fourth-order valence-electron chi connectivity index (χ4n) is 1.97. The van der Waals surface area contributed by atoms with Crippen molar-refractivity contribution in [2.45, 2.75) is 0 Å². The van der Waals surface area contributed by atoms with E-state index in [-0.39, 0.29) is 5.78 Å². The third-order valence-electron chi connectivity index (χ3n) is 3.04. The Morgan fingerprint density at radius 1 is 1.10 bits per heavy atom. The molecule has 0 saturated carbocycles. The molecule has 3 rings (SSSR count). The first kappa shape index (κ1) is 13.1. The molecule has 0 radical (unpaired) electrons. The number of methoxy groups -OCH3 is 1. The van der Waals surface area contributed by atoms with Crippen LogP contribution >= 0.6 is 0 Å². The molecule has 21 heavy (non-hydrogen) atoms. The maximum Gasteiger partial charge on any atom is 0.215 e. The highest BCUT2D eigenvalue weighted by atomic mass is 16.5. The van der Waals surface area contributed by atoms with Crippen molar-refractivity contribution in [3.63, 3.8) is 0 Å². The fraction of sp³-hybridized carbons (Fsp3) is 0.0625. The zero-order valence-electron chi connectivity index (χ0n) is 11.4. The van der Waals surface area contributed by atoms with Crippen LogP contribution in [0.25, 0.3) is 5.69 Å². The predicted molar refractivity (Wildman–Crippen MR) is 77.8 cm³/mol. The summed E-state index contributed by atoms with van der Waals surface area (Å²) < 4.78 is 5.12. The smallest absolute Gasteiger partial charge is 0.215 e. The summed E-state index contributed by atoms with van der Waals surface area (Å²) >= 11 is 0. The Kier molecular flexibility index (Phi) is 3.47. The first-order chi connectivity index (χ1) is 10.3. The van der Waals surface area contributed by atoms with Gasteiger partial charge in [-0.3, -0.25) is 4.79 Å². The lowest BCUT2D eigenvalue weighted by Crippen LogP contribution is -2.04. The predicted octanol–water partition coefficient (Wildman–Crippen LogP) is 2.51. The zero-order valence-corrected chi connectivity index (χ0v) is 11.4. The molecule has 5 nitrogen and oxygen atoms in total. The van der Waals surface area contributed by atoms with Crippen LogP contribution in [-0.4, -0.2) is 27.9 Å². The van der Waals surface area contributed by atoms with Crippen LogP contribution in [0.2, 0.25) is 0 Å². The van der Waals surface area contributed by atoms with Crippen LogP contribution in [0.4, 0.5) is 0 Å². The molecule has 1 heterocycles. The van der Waals surface area contributed by atoms with Crippen molar-refractivity contribution < 1.29 is 9.53 Å². The summed E-state index contributed by atoms with van der Waals surface area (Å²) in [6.45, 7) is 0. The van der Waals surface area contributed by atoms with Gasteiger partial charge in [0.15, 0.2) is 5.69 Å². The molecular formula is C16H13N3O2. The van der Waals surface area contributed by atoms with Gasteiger partial charge in [-0.1, -0.05) is 30.3 Å². The first-order valence-electron chi connectivity index (χ1n) is 6.44. The minimum Gasteiger partial charge on any atom is -0.497 e. The molecule has 0 fully saturated rings. The monoisotopic (exact) mass is 279 g/mol. The number of nitrogens with zero attached hydrogens (tertiary/aromatic N) is 3. The molecule has 0 unspecified atom stereocenters. The Labute approximate surface area is 121 Å². The van der Waals surface area contributed by atoms with E-state index >= 15 is 0 Å². The van der Waals surface area contributed by atoms with E-state index in [0.717, 1.165) is 5.69 Å². The molecule has 0 aliphatic rings. The van der Waals surface area contributed by atoms with Gasteiger partial charge in [0.2, 0.25) is 5.78 Å². The number of hydrogen-bond acceptors (Lipinski definition) is 4. The standard InChI is InChI=1S/C16H13N3O2/c1-21-14-9-5-6-12(10-14)16(20)15-11-17-19(18-15)13-7-3-2-4-8-13/h2-11H,1H3. The molecule has 104 valence electrons. The van der Waals surface area contributed by atoms with Crippen LogP contribution in [0.1, 0.15) is 16.1 Å². The summed E-state index contributed by atoms with van der Waals surface area (Å²) in [4.78, 5) is 13.8. The number of hydrogen-bond donors (Lipinski definition) is 0. The van der Waals surface area contributed by atoms with Crippen LogP contribution in [0, 0.1) is 0 Å². The van der Waals surface area contributed by atoms with Gasteiger partial charge in [-0.15, -0.1) is 5.10 Å². The topological polar surface area (TPSA) is 57.0 Å². The van der Waals surface area contributed by atoms with Crippen LogP contribution < -0.4 is 4.74 Å². The summed E-state index contributed by atoms with van der Waals surface area (Å²) in [6.07, 6.45) is 1.47. The zero-order chi connectivity index (χ0) is 14.7. The molecule has 2 aromatic carbocycles. The lowest BCUT2D eigenvalue weighted by Gasteiger charge is -2.01. The molecule has 0 N–H and O–H groups in total. The second-order valence-corrected chi connectivity index (χ2v) is 4.42. The third kappa shape index (κ3) is 2.67. The maximum atomic E-state index is 12.4. The van der Waals surface area contributed by atoms with Crippen LogP contribution in [0.3, 0.4) is 0 Å². The Balaban J connectivity index is 1.91. The van der Waals surface area contributed by atoms with Gasteiger partial charge in [0.1, 0.15) is 5.75 Å². The molecule has 0 saturated heterocycles. The van der Waals surface area contributed by atoms with Crippen molar-refractivity contribution in [2.75, 3.05) is 7.11 Å². The van der Waals surface area contributed by atoms with Gasteiger partial charge >= 0.3 is 0 Å². The van der Waals surface area contributed by atoms with Gasteiger partial charge in [0.05, 0.1) is 19.0 Å². The molecule has 0 amide bonds. The van der Waals surface area contributed by atoms with Gasteiger partial charge in [0.25, 0.3) is 0 Å². The number of ether oxygens (including phenoxy) is 1. The molecule has 3 aromatic rings. The van der Waals surface area contributed by atoms with E-state index in [0.29, 0.717) is 17.0 Å². The molecule has 0 atom stereocenters. The van der Waals surface area contributed by atoms with Crippen molar-refractivity contribution >= 4 is 5.78 Å². The highest BCUT2D eigenvalue weighted by molar-refractivity contribution is 6.07. The van der Waals surface area contributed by atoms with Gasteiger partial charge < -0.3 is 4.74 Å². The number of carbonyl (C=O) groups excluding carboxylic acids is 1. The van der Waals surface area contributed by atoms with Gasteiger partial charge in [-0.2, -0.15) is 9.90 Å². The Morgan fingerprint density at radius 3 is 2.67 bits per heavy atom. The van der Waals surface area contributed by atoms with E-state index in [2.05, 4.69) is 10.2 Å².